The van der Waals surface area contributed by atoms with Crippen molar-refractivity contribution in [2.45, 2.75) is 0 Å². The largest absolute Gasteiger partial charge is 0.317 e. The van der Waals surface area contributed by atoms with Crippen molar-refractivity contribution in [3.8, 4) is 73.0 Å². The van der Waals surface area contributed by atoms with E-state index in [-0.39, 0.29) is 0 Å². The first-order chi connectivity index (χ1) is 32.6. The molecule has 0 N–H and O–H groups in total. The van der Waals surface area contributed by atoms with Gasteiger partial charge in [-0.3, -0.25) is 0 Å². The van der Waals surface area contributed by atoms with Crippen LogP contribution in [-0.2, 0) is 0 Å². The Kier molecular flexibility index (Phi) is 9.03. The molecular formula is C62H39N3S. The molecule has 0 aliphatic heterocycles. The van der Waals surface area contributed by atoms with Crippen molar-refractivity contribution in [1.29, 1.82) is 0 Å². The van der Waals surface area contributed by atoms with Crippen molar-refractivity contribution < 1.29 is 0 Å². The van der Waals surface area contributed by atoms with E-state index in [2.05, 4.69) is 241 Å². The molecule has 0 spiro atoms. The second kappa shape index (κ2) is 15.7. The number of para-hydroxylation sites is 1. The molecule has 0 aliphatic carbocycles. The van der Waals surface area contributed by atoms with E-state index in [9.17, 15) is 0 Å². The van der Waals surface area contributed by atoms with E-state index >= 15 is 0 Å². The van der Waals surface area contributed by atoms with Gasteiger partial charge in [-0.25, -0.2) is 9.97 Å². The van der Waals surface area contributed by atoms with Crippen molar-refractivity contribution in [2.24, 2.45) is 0 Å². The number of thiophene rings is 1. The average Bonchev–Trinajstić information content (AvgIpc) is 4.02. The van der Waals surface area contributed by atoms with E-state index in [1.165, 1.54) is 58.9 Å². The van der Waals surface area contributed by atoms with Crippen molar-refractivity contribution in [3.05, 3.63) is 236 Å². The molecular weight excluding hydrogens is 819 g/mol. The van der Waals surface area contributed by atoms with Crippen LogP contribution in [0.1, 0.15) is 0 Å². The number of hydrogen-bond acceptors (Lipinski definition) is 3. The Morgan fingerprint density at radius 2 is 0.909 bits per heavy atom. The van der Waals surface area contributed by atoms with Gasteiger partial charge in [0.15, 0.2) is 5.82 Å². The van der Waals surface area contributed by atoms with Crippen LogP contribution in [0.3, 0.4) is 0 Å². The Morgan fingerprint density at radius 3 is 1.64 bits per heavy atom. The molecule has 10 aromatic carbocycles. The highest BCUT2D eigenvalue weighted by Gasteiger charge is 2.17. The summed E-state index contributed by atoms with van der Waals surface area (Å²) in [6, 6.07) is 81.0. The summed E-state index contributed by atoms with van der Waals surface area (Å²) in [4.78, 5) is 10.9. The van der Waals surface area contributed by atoms with E-state index in [4.69, 9.17) is 9.97 Å². The van der Waals surface area contributed by atoms with Gasteiger partial charge in [0.25, 0.3) is 0 Å². The molecule has 0 saturated heterocycles. The smallest absolute Gasteiger partial charge is 0.160 e. The Hall–Kier alpha value is -8.44. The third-order valence-corrected chi connectivity index (χ3v) is 14.0. The fourth-order valence-corrected chi connectivity index (χ4v) is 10.6. The second-order valence-electron chi connectivity index (χ2n) is 17.1. The number of benzene rings is 10. The summed E-state index contributed by atoms with van der Waals surface area (Å²) < 4.78 is 3.52. The topological polar surface area (TPSA) is 30.7 Å². The summed E-state index contributed by atoms with van der Waals surface area (Å²) in [6.07, 6.45) is 2.16. The quantitative estimate of drug-likeness (QED) is 0.160. The predicted octanol–water partition coefficient (Wildman–Crippen LogP) is 17.1. The molecule has 0 radical (unpaired) electrons. The summed E-state index contributed by atoms with van der Waals surface area (Å²) >= 11 is 1.80. The standard InChI is InChI=1S/C62H39N3S/c1-2-17-53(18-3-1)65-30-29-49-33-45(25-27-60(49)65)50-34-51(46-26-28-61-56(37-46)57(39-66-61)55-20-10-16-42-13-8-9-19-54(42)55)36-52(35-50)62-63-58(47-23-21-40-11-4-6-14-43(40)31-47)38-59(64-62)48-24-22-41-12-5-7-15-44(41)32-48/h1-39H. The summed E-state index contributed by atoms with van der Waals surface area (Å²) in [6.45, 7) is 0. The minimum atomic E-state index is 0.677. The van der Waals surface area contributed by atoms with Crippen LogP contribution >= 0.6 is 11.3 Å². The molecule has 4 heteroatoms. The highest BCUT2D eigenvalue weighted by atomic mass is 32.1. The van der Waals surface area contributed by atoms with Gasteiger partial charge in [-0.2, -0.15) is 0 Å². The molecule has 0 amide bonds. The highest BCUT2D eigenvalue weighted by molar-refractivity contribution is 7.17. The van der Waals surface area contributed by atoms with Crippen LogP contribution in [0.2, 0.25) is 0 Å². The van der Waals surface area contributed by atoms with Crippen LogP contribution in [0.25, 0.3) is 126 Å². The molecule has 0 unspecified atom stereocenters. The second-order valence-corrected chi connectivity index (χ2v) is 18.0. The van der Waals surface area contributed by atoms with Gasteiger partial charge in [0.2, 0.25) is 0 Å². The lowest BCUT2D eigenvalue weighted by molar-refractivity contribution is 1.13. The molecule has 13 rings (SSSR count). The molecule has 13 aromatic rings. The number of aromatic nitrogens is 3. The number of fused-ring (bicyclic) bond motifs is 5. The van der Waals surface area contributed by atoms with Crippen LogP contribution in [-0.4, -0.2) is 14.5 Å². The van der Waals surface area contributed by atoms with E-state index in [1.54, 1.807) is 11.3 Å². The monoisotopic (exact) mass is 857 g/mol. The van der Waals surface area contributed by atoms with Crippen molar-refractivity contribution >= 4 is 64.6 Å². The molecule has 3 heterocycles. The molecule has 308 valence electrons. The maximum Gasteiger partial charge on any atom is 0.160 e. The zero-order valence-electron chi connectivity index (χ0n) is 35.8. The molecule has 0 aliphatic rings. The lowest BCUT2D eigenvalue weighted by atomic mass is 9.93. The Labute approximate surface area is 386 Å². The van der Waals surface area contributed by atoms with E-state index in [0.29, 0.717) is 5.82 Å². The predicted molar refractivity (Wildman–Crippen MR) is 279 cm³/mol. The third-order valence-electron chi connectivity index (χ3n) is 13.1. The van der Waals surface area contributed by atoms with Crippen LogP contribution in [0.15, 0.2) is 236 Å². The van der Waals surface area contributed by atoms with E-state index in [1.807, 2.05) is 0 Å². The zero-order chi connectivity index (χ0) is 43.6. The van der Waals surface area contributed by atoms with Crippen molar-refractivity contribution in [3.63, 3.8) is 0 Å². The van der Waals surface area contributed by atoms with Crippen LogP contribution in [0.4, 0.5) is 0 Å². The molecule has 3 nitrogen and oxygen atoms in total. The molecule has 0 bridgehead atoms. The lowest BCUT2D eigenvalue weighted by Crippen LogP contribution is -1.97. The van der Waals surface area contributed by atoms with Crippen LogP contribution < -0.4 is 0 Å². The van der Waals surface area contributed by atoms with Gasteiger partial charge in [0.05, 0.1) is 16.9 Å². The van der Waals surface area contributed by atoms with Gasteiger partial charge in [0.1, 0.15) is 0 Å². The first-order valence-corrected chi connectivity index (χ1v) is 23.2. The fraction of sp³-hybridized carbons (Fsp3) is 0. The molecule has 0 saturated carbocycles. The van der Waals surface area contributed by atoms with Gasteiger partial charge in [-0.1, -0.05) is 146 Å². The summed E-state index contributed by atoms with van der Waals surface area (Å²) in [7, 11) is 0. The van der Waals surface area contributed by atoms with Crippen molar-refractivity contribution in [1.82, 2.24) is 14.5 Å². The average molecular weight is 858 g/mol. The summed E-state index contributed by atoms with van der Waals surface area (Å²) in [5, 5.41) is 12.0. The van der Waals surface area contributed by atoms with Crippen molar-refractivity contribution in [2.75, 3.05) is 0 Å². The minimum Gasteiger partial charge on any atom is -0.317 e. The van der Waals surface area contributed by atoms with Gasteiger partial charge < -0.3 is 4.57 Å². The third kappa shape index (κ3) is 6.75. The summed E-state index contributed by atoms with van der Waals surface area (Å²) in [5.74, 6) is 0.677. The molecule has 66 heavy (non-hydrogen) atoms. The normalized spacial score (nSPS) is 11.6. The van der Waals surface area contributed by atoms with Gasteiger partial charge in [-0.15, -0.1) is 11.3 Å². The molecule has 0 fully saturated rings. The minimum absolute atomic E-state index is 0.677. The maximum absolute atomic E-state index is 5.44. The zero-order valence-corrected chi connectivity index (χ0v) is 36.6. The maximum atomic E-state index is 5.44. The number of nitrogens with zero attached hydrogens (tertiary/aromatic N) is 3. The van der Waals surface area contributed by atoms with Gasteiger partial charge in [-0.05, 0) is 144 Å². The molecule has 3 aromatic heterocycles. The van der Waals surface area contributed by atoms with Gasteiger partial charge >= 0.3 is 0 Å². The van der Waals surface area contributed by atoms with Gasteiger partial charge in [0, 0.05) is 49.6 Å². The number of hydrogen-bond donors (Lipinski definition) is 0. The SMILES string of the molecule is c1ccc(-n2ccc3cc(-c4cc(-c5ccc6scc(-c7cccc8ccccc78)c6c5)cc(-c5nc(-c6ccc7ccccc7c6)cc(-c6ccc7ccccc7c6)n5)c4)ccc32)cc1. The highest BCUT2D eigenvalue weighted by Crippen LogP contribution is 2.42. The number of rotatable bonds is 7. The van der Waals surface area contributed by atoms with E-state index in [0.717, 1.165) is 61.5 Å². The lowest BCUT2D eigenvalue weighted by Gasteiger charge is -2.14. The Bertz CT molecular complexity index is 3910. The summed E-state index contributed by atoms with van der Waals surface area (Å²) in [5.41, 5.74) is 14.1. The van der Waals surface area contributed by atoms with Crippen LogP contribution in [0, 0.1) is 0 Å². The fourth-order valence-electron chi connectivity index (χ4n) is 9.67. The molecule has 0 atom stereocenters. The van der Waals surface area contributed by atoms with Crippen LogP contribution in [0.5, 0.6) is 0 Å². The Morgan fingerprint density at radius 1 is 0.333 bits per heavy atom. The first-order valence-electron chi connectivity index (χ1n) is 22.3. The first kappa shape index (κ1) is 38.1. The van der Waals surface area contributed by atoms with E-state index < -0.39 is 0 Å². The Balaban J connectivity index is 1.02.